The zero-order valence-corrected chi connectivity index (χ0v) is 10.4. The van der Waals surface area contributed by atoms with E-state index in [4.69, 9.17) is 27.9 Å². The summed E-state index contributed by atoms with van der Waals surface area (Å²) in [5.41, 5.74) is 0.860. The summed E-state index contributed by atoms with van der Waals surface area (Å²) in [5, 5.41) is 4.18. The second-order valence-corrected chi connectivity index (χ2v) is 3.99. The summed E-state index contributed by atoms with van der Waals surface area (Å²) in [6.07, 6.45) is 0. The maximum atomic E-state index is 11.0. The van der Waals surface area contributed by atoms with E-state index in [1.165, 1.54) is 0 Å². The molecule has 0 aliphatic rings. The fraction of sp³-hybridized carbons (Fsp3) is 0.364. The van der Waals surface area contributed by atoms with Crippen molar-refractivity contribution in [1.82, 2.24) is 5.32 Å². The fourth-order valence-electron chi connectivity index (χ4n) is 1.19. The molecule has 0 amide bonds. The monoisotopic (exact) mass is 261 g/mol. The molecule has 0 atom stereocenters. The quantitative estimate of drug-likeness (QED) is 0.829. The molecule has 0 fully saturated rings. The van der Waals surface area contributed by atoms with Crippen molar-refractivity contribution in [2.24, 2.45) is 0 Å². The van der Waals surface area contributed by atoms with Crippen molar-refractivity contribution in [3.8, 4) is 0 Å². The average molecular weight is 262 g/mol. The van der Waals surface area contributed by atoms with Crippen LogP contribution in [0.5, 0.6) is 0 Å². The smallest absolute Gasteiger partial charge is 0.319 e. The summed E-state index contributed by atoms with van der Waals surface area (Å²) >= 11 is 11.8. The van der Waals surface area contributed by atoms with Gasteiger partial charge in [0.2, 0.25) is 0 Å². The molecule has 1 rings (SSSR count). The van der Waals surface area contributed by atoms with Gasteiger partial charge in [-0.05, 0) is 30.7 Å². The van der Waals surface area contributed by atoms with Crippen LogP contribution in [0.3, 0.4) is 0 Å². The molecule has 5 heteroatoms. The SMILES string of the molecule is CCOC(=O)CNCc1cc(Cl)ccc1Cl. The van der Waals surface area contributed by atoms with Gasteiger partial charge in [-0.2, -0.15) is 0 Å². The summed E-state index contributed by atoms with van der Waals surface area (Å²) < 4.78 is 4.77. The van der Waals surface area contributed by atoms with Crippen LogP contribution in [-0.2, 0) is 16.1 Å². The van der Waals surface area contributed by atoms with E-state index in [0.717, 1.165) is 5.56 Å². The van der Waals surface area contributed by atoms with Crippen LogP contribution in [0, 0.1) is 0 Å². The Morgan fingerprint density at radius 3 is 2.88 bits per heavy atom. The van der Waals surface area contributed by atoms with E-state index >= 15 is 0 Å². The zero-order valence-electron chi connectivity index (χ0n) is 8.93. The molecule has 3 nitrogen and oxygen atoms in total. The van der Waals surface area contributed by atoms with Crippen molar-refractivity contribution < 1.29 is 9.53 Å². The third kappa shape index (κ3) is 4.39. The van der Waals surface area contributed by atoms with E-state index in [1.807, 2.05) is 0 Å². The Morgan fingerprint density at radius 1 is 1.44 bits per heavy atom. The second-order valence-electron chi connectivity index (χ2n) is 3.14. The van der Waals surface area contributed by atoms with Crippen molar-refractivity contribution in [3.63, 3.8) is 0 Å². The molecule has 0 aliphatic heterocycles. The minimum absolute atomic E-state index is 0.163. The predicted octanol–water partition coefficient (Wildman–Crippen LogP) is 2.65. The van der Waals surface area contributed by atoms with Gasteiger partial charge in [0.1, 0.15) is 0 Å². The normalized spacial score (nSPS) is 10.2. The highest BCUT2D eigenvalue weighted by atomic mass is 35.5. The first-order valence-electron chi connectivity index (χ1n) is 4.93. The number of hydrogen-bond donors (Lipinski definition) is 1. The number of halogens is 2. The van der Waals surface area contributed by atoms with Gasteiger partial charge in [-0.1, -0.05) is 23.2 Å². The Hall–Kier alpha value is -0.770. The van der Waals surface area contributed by atoms with E-state index in [9.17, 15) is 4.79 Å². The molecule has 0 saturated heterocycles. The molecule has 1 aromatic rings. The van der Waals surface area contributed by atoms with Gasteiger partial charge in [0.25, 0.3) is 0 Å². The first kappa shape index (κ1) is 13.3. The summed E-state index contributed by atoms with van der Waals surface area (Å²) in [6.45, 7) is 2.80. The number of ether oxygens (including phenoxy) is 1. The highest BCUT2D eigenvalue weighted by Gasteiger charge is 2.03. The van der Waals surface area contributed by atoms with Crippen molar-refractivity contribution in [2.45, 2.75) is 13.5 Å². The molecule has 16 heavy (non-hydrogen) atoms. The first-order valence-corrected chi connectivity index (χ1v) is 5.69. The highest BCUT2D eigenvalue weighted by molar-refractivity contribution is 6.33. The lowest BCUT2D eigenvalue weighted by Crippen LogP contribution is -2.24. The number of carbonyl (C=O) groups excluding carboxylic acids is 1. The summed E-state index contributed by atoms with van der Waals surface area (Å²) in [7, 11) is 0. The number of benzene rings is 1. The van der Waals surface area contributed by atoms with Gasteiger partial charge in [-0.15, -0.1) is 0 Å². The Labute approximate surface area is 105 Å². The maximum Gasteiger partial charge on any atom is 0.319 e. The van der Waals surface area contributed by atoms with Crippen molar-refractivity contribution in [1.29, 1.82) is 0 Å². The summed E-state index contributed by atoms with van der Waals surface area (Å²) in [6, 6.07) is 5.21. The molecule has 1 aromatic carbocycles. The first-order chi connectivity index (χ1) is 7.63. The minimum atomic E-state index is -0.277. The summed E-state index contributed by atoms with van der Waals surface area (Å²) in [5.74, 6) is -0.277. The molecule has 0 saturated carbocycles. The Kier molecular flexibility index (Phi) is 5.60. The molecular formula is C11H13Cl2NO2. The second kappa shape index (κ2) is 6.74. The molecule has 0 aliphatic carbocycles. The Balaban J connectivity index is 2.42. The van der Waals surface area contributed by atoms with Gasteiger partial charge in [0, 0.05) is 16.6 Å². The van der Waals surface area contributed by atoms with Crippen molar-refractivity contribution in [2.75, 3.05) is 13.2 Å². The maximum absolute atomic E-state index is 11.0. The molecule has 0 heterocycles. The molecule has 0 bridgehead atoms. The number of nitrogens with one attached hydrogen (secondary N) is 1. The van der Waals surface area contributed by atoms with E-state index in [0.29, 0.717) is 23.2 Å². The standard InChI is InChI=1S/C11H13Cl2NO2/c1-2-16-11(15)7-14-6-8-5-9(12)3-4-10(8)13/h3-5,14H,2,6-7H2,1H3. The Morgan fingerprint density at radius 2 is 2.19 bits per heavy atom. The van der Waals surface area contributed by atoms with E-state index in [2.05, 4.69) is 5.32 Å². The molecule has 0 unspecified atom stereocenters. The largest absolute Gasteiger partial charge is 0.465 e. The lowest BCUT2D eigenvalue weighted by atomic mass is 10.2. The molecule has 0 spiro atoms. The lowest BCUT2D eigenvalue weighted by Gasteiger charge is -2.06. The van der Waals surface area contributed by atoms with Crippen molar-refractivity contribution in [3.05, 3.63) is 33.8 Å². The van der Waals surface area contributed by atoms with Crippen molar-refractivity contribution >= 4 is 29.2 Å². The van der Waals surface area contributed by atoms with Gasteiger partial charge >= 0.3 is 5.97 Å². The number of rotatable bonds is 5. The number of carbonyl (C=O) groups is 1. The molecule has 88 valence electrons. The van der Waals surface area contributed by atoms with Gasteiger partial charge in [0.15, 0.2) is 0 Å². The van der Waals surface area contributed by atoms with E-state index in [1.54, 1.807) is 25.1 Å². The van der Waals surface area contributed by atoms with Crippen LogP contribution < -0.4 is 5.32 Å². The summed E-state index contributed by atoms with van der Waals surface area (Å²) in [4.78, 5) is 11.0. The topological polar surface area (TPSA) is 38.3 Å². The van der Waals surface area contributed by atoms with E-state index < -0.39 is 0 Å². The molecular weight excluding hydrogens is 249 g/mol. The Bertz CT molecular complexity index is 369. The molecule has 0 aromatic heterocycles. The van der Waals surface area contributed by atoms with Crippen LogP contribution in [0.25, 0.3) is 0 Å². The average Bonchev–Trinajstić information content (AvgIpc) is 2.23. The van der Waals surface area contributed by atoms with Crippen LogP contribution in [-0.4, -0.2) is 19.1 Å². The minimum Gasteiger partial charge on any atom is -0.465 e. The highest BCUT2D eigenvalue weighted by Crippen LogP contribution is 2.20. The van der Waals surface area contributed by atoms with Crippen LogP contribution in [0.4, 0.5) is 0 Å². The van der Waals surface area contributed by atoms with Gasteiger partial charge in [0.05, 0.1) is 13.2 Å². The lowest BCUT2D eigenvalue weighted by molar-refractivity contribution is -0.142. The van der Waals surface area contributed by atoms with Gasteiger partial charge in [-0.3, -0.25) is 4.79 Å². The van der Waals surface area contributed by atoms with Crippen LogP contribution in [0.1, 0.15) is 12.5 Å². The number of esters is 1. The third-order valence-electron chi connectivity index (χ3n) is 1.90. The third-order valence-corrected chi connectivity index (χ3v) is 2.50. The number of hydrogen-bond acceptors (Lipinski definition) is 3. The van der Waals surface area contributed by atoms with Crippen LogP contribution in [0.15, 0.2) is 18.2 Å². The molecule has 1 N–H and O–H groups in total. The predicted molar refractivity (Wildman–Crippen MR) is 64.8 cm³/mol. The van der Waals surface area contributed by atoms with Gasteiger partial charge < -0.3 is 10.1 Å². The van der Waals surface area contributed by atoms with E-state index in [-0.39, 0.29) is 12.5 Å². The van der Waals surface area contributed by atoms with Gasteiger partial charge in [-0.25, -0.2) is 0 Å². The fourth-order valence-corrected chi connectivity index (χ4v) is 1.57. The molecule has 0 radical (unpaired) electrons. The van der Waals surface area contributed by atoms with Crippen LogP contribution in [0.2, 0.25) is 10.0 Å². The van der Waals surface area contributed by atoms with Crippen LogP contribution >= 0.6 is 23.2 Å². The zero-order chi connectivity index (χ0) is 12.0.